The van der Waals surface area contributed by atoms with Crippen molar-refractivity contribution in [1.29, 1.82) is 0 Å². The van der Waals surface area contributed by atoms with Crippen LogP contribution in [0.1, 0.15) is 37.8 Å². The molecular formula is C21H26FNOS. The predicted molar refractivity (Wildman–Crippen MR) is 101 cm³/mol. The van der Waals surface area contributed by atoms with Crippen LogP contribution in [0.15, 0.2) is 29.0 Å². The lowest BCUT2D eigenvalue weighted by Gasteiger charge is -2.47. The zero-order valence-corrected chi connectivity index (χ0v) is 16.0. The molecule has 0 radical (unpaired) electrons. The van der Waals surface area contributed by atoms with Crippen LogP contribution in [-0.2, 0) is 12.0 Å². The molecule has 4 rings (SSSR count). The van der Waals surface area contributed by atoms with Gasteiger partial charge >= 0.3 is 0 Å². The third kappa shape index (κ3) is 2.49. The molecule has 1 aromatic heterocycles. The highest BCUT2D eigenvalue weighted by atomic mass is 32.1. The summed E-state index contributed by atoms with van der Waals surface area (Å²) in [6, 6.07) is 5.50. The van der Waals surface area contributed by atoms with E-state index < -0.39 is 5.60 Å². The fourth-order valence-corrected chi connectivity index (χ4v) is 5.64. The SMILES string of the molecule is CN1CCC(C2(O)c3c(-c4ccsc4)ccc(F)c3CC2(C)C)CC1. The number of hydrogen-bond donors (Lipinski definition) is 1. The van der Waals surface area contributed by atoms with Gasteiger partial charge in [0, 0.05) is 5.41 Å². The second kappa shape index (κ2) is 5.90. The van der Waals surface area contributed by atoms with E-state index in [4.69, 9.17) is 0 Å². The van der Waals surface area contributed by atoms with Crippen molar-refractivity contribution in [3.8, 4) is 11.1 Å². The van der Waals surface area contributed by atoms with Crippen LogP contribution < -0.4 is 0 Å². The van der Waals surface area contributed by atoms with E-state index in [1.807, 2.05) is 11.4 Å². The molecule has 2 aromatic rings. The maximum atomic E-state index is 14.7. The van der Waals surface area contributed by atoms with Gasteiger partial charge in [0.2, 0.25) is 0 Å². The number of rotatable bonds is 2. The minimum Gasteiger partial charge on any atom is -0.384 e. The van der Waals surface area contributed by atoms with Gasteiger partial charge in [-0.2, -0.15) is 11.3 Å². The summed E-state index contributed by atoms with van der Waals surface area (Å²) in [6.07, 6.45) is 2.50. The van der Waals surface area contributed by atoms with Crippen molar-refractivity contribution in [2.24, 2.45) is 11.3 Å². The summed E-state index contributed by atoms with van der Waals surface area (Å²) in [5.74, 6) is -0.00922. The highest BCUT2D eigenvalue weighted by molar-refractivity contribution is 7.08. The van der Waals surface area contributed by atoms with Crippen molar-refractivity contribution >= 4 is 11.3 Å². The highest BCUT2D eigenvalue weighted by Crippen LogP contribution is 2.58. The largest absolute Gasteiger partial charge is 0.384 e. The number of nitrogens with zero attached hydrogens (tertiary/aromatic N) is 1. The first-order valence-electron chi connectivity index (χ1n) is 9.10. The van der Waals surface area contributed by atoms with Crippen molar-refractivity contribution in [3.63, 3.8) is 0 Å². The topological polar surface area (TPSA) is 23.5 Å². The molecule has 0 amide bonds. The summed E-state index contributed by atoms with van der Waals surface area (Å²) in [5.41, 5.74) is 2.31. The van der Waals surface area contributed by atoms with Gasteiger partial charge in [-0.3, -0.25) is 0 Å². The van der Waals surface area contributed by atoms with Gasteiger partial charge in [0.05, 0.1) is 5.60 Å². The van der Waals surface area contributed by atoms with Crippen LogP contribution in [-0.4, -0.2) is 30.1 Å². The summed E-state index contributed by atoms with van der Waals surface area (Å²) >= 11 is 1.64. The number of aliphatic hydroxyl groups is 1. The molecule has 2 nitrogen and oxygen atoms in total. The average Bonchev–Trinajstić information content (AvgIpc) is 3.17. The quantitative estimate of drug-likeness (QED) is 0.842. The molecule has 0 spiro atoms. The predicted octanol–water partition coefficient (Wildman–Crippen LogP) is 4.67. The number of halogens is 1. The Balaban J connectivity index is 1.91. The Morgan fingerprint density at radius 1 is 1.20 bits per heavy atom. The Hall–Kier alpha value is -1.23. The molecule has 25 heavy (non-hydrogen) atoms. The maximum Gasteiger partial charge on any atom is 0.126 e. The van der Waals surface area contributed by atoms with Crippen molar-refractivity contribution in [2.45, 2.75) is 38.7 Å². The average molecular weight is 360 g/mol. The second-order valence-corrected chi connectivity index (χ2v) is 9.15. The summed E-state index contributed by atoms with van der Waals surface area (Å²) < 4.78 is 14.7. The lowest BCUT2D eigenvalue weighted by Crippen LogP contribution is -2.49. The molecular weight excluding hydrogens is 333 g/mol. The van der Waals surface area contributed by atoms with Crippen molar-refractivity contribution < 1.29 is 9.50 Å². The van der Waals surface area contributed by atoms with E-state index in [0.29, 0.717) is 6.42 Å². The highest BCUT2D eigenvalue weighted by Gasteiger charge is 2.57. The third-order valence-corrected chi connectivity index (χ3v) is 7.11. The number of piperidine rings is 1. The molecule has 2 heterocycles. The fourth-order valence-electron chi connectivity index (χ4n) is 4.99. The number of benzene rings is 1. The minimum absolute atomic E-state index is 0.166. The van der Waals surface area contributed by atoms with Crippen molar-refractivity contribution in [3.05, 3.63) is 45.9 Å². The van der Waals surface area contributed by atoms with Gasteiger partial charge in [0.1, 0.15) is 5.82 Å². The number of hydrogen-bond acceptors (Lipinski definition) is 3. The lowest BCUT2D eigenvalue weighted by atomic mass is 9.64. The first kappa shape index (κ1) is 17.2. The molecule has 1 N–H and O–H groups in total. The van der Waals surface area contributed by atoms with Crippen LogP contribution in [0.3, 0.4) is 0 Å². The van der Waals surface area contributed by atoms with Gasteiger partial charge in [-0.05, 0) is 90.5 Å². The van der Waals surface area contributed by atoms with E-state index in [0.717, 1.165) is 48.2 Å². The normalized spacial score (nSPS) is 26.8. The second-order valence-electron chi connectivity index (χ2n) is 8.37. The molecule has 2 aliphatic rings. The van der Waals surface area contributed by atoms with E-state index in [1.165, 1.54) is 0 Å². The van der Waals surface area contributed by atoms with Gasteiger partial charge in [0.15, 0.2) is 0 Å². The number of thiophene rings is 1. The standard InChI is InChI=1S/C21H26FNOS/c1-20(2)12-17-18(22)5-4-16(14-8-11-25-13-14)19(17)21(20,24)15-6-9-23(3)10-7-15/h4-5,8,11,13,15,24H,6-7,9-10,12H2,1-3H3. The molecule has 1 fully saturated rings. The third-order valence-electron chi connectivity index (χ3n) is 6.43. The monoisotopic (exact) mass is 359 g/mol. The molecule has 1 atom stereocenters. The molecule has 1 aliphatic carbocycles. The van der Waals surface area contributed by atoms with E-state index >= 15 is 0 Å². The van der Waals surface area contributed by atoms with Crippen molar-refractivity contribution in [1.82, 2.24) is 4.90 Å². The molecule has 0 bridgehead atoms. The number of fused-ring (bicyclic) bond motifs is 1. The van der Waals surface area contributed by atoms with Gasteiger partial charge in [0.25, 0.3) is 0 Å². The Bertz CT molecular complexity index is 777. The summed E-state index contributed by atoms with van der Waals surface area (Å²) in [4.78, 5) is 2.31. The van der Waals surface area contributed by atoms with E-state index in [2.05, 4.69) is 37.2 Å². The molecule has 134 valence electrons. The molecule has 1 aromatic carbocycles. The zero-order chi connectivity index (χ0) is 17.8. The Kier molecular flexibility index (Phi) is 4.06. The number of likely N-dealkylation sites (tertiary alicyclic amines) is 1. The fraction of sp³-hybridized carbons (Fsp3) is 0.524. The van der Waals surface area contributed by atoms with Crippen LogP contribution in [0.5, 0.6) is 0 Å². The molecule has 1 unspecified atom stereocenters. The smallest absolute Gasteiger partial charge is 0.126 e. The summed E-state index contributed by atoms with van der Waals surface area (Å²) in [5, 5.41) is 16.2. The Morgan fingerprint density at radius 3 is 2.56 bits per heavy atom. The zero-order valence-electron chi connectivity index (χ0n) is 15.2. The molecule has 0 saturated carbocycles. The van der Waals surface area contributed by atoms with Gasteiger partial charge in [-0.1, -0.05) is 19.9 Å². The first-order valence-corrected chi connectivity index (χ1v) is 10.0. The Labute approximate surface area is 153 Å². The van der Waals surface area contributed by atoms with E-state index in [9.17, 15) is 9.50 Å². The Morgan fingerprint density at radius 2 is 1.92 bits per heavy atom. The molecule has 1 saturated heterocycles. The van der Waals surface area contributed by atoms with Crippen LogP contribution in [0, 0.1) is 17.2 Å². The van der Waals surface area contributed by atoms with Gasteiger partial charge in [-0.15, -0.1) is 0 Å². The van der Waals surface area contributed by atoms with Crippen molar-refractivity contribution in [2.75, 3.05) is 20.1 Å². The van der Waals surface area contributed by atoms with E-state index in [-0.39, 0.29) is 17.2 Å². The minimum atomic E-state index is -0.983. The summed E-state index contributed by atoms with van der Waals surface area (Å²) in [6.45, 7) is 6.17. The van der Waals surface area contributed by atoms with Crippen LogP contribution in [0.25, 0.3) is 11.1 Å². The lowest BCUT2D eigenvalue weighted by molar-refractivity contribution is -0.121. The van der Waals surface area contributed by atoms with Crippen LogP contribution >= 0.6 is 11.3 Å². The van der Waals surface area contributed by atoms with Crippen LogP contribution in [0.4, 0.5) is 4.39 Å². The summed E-state index contributed by atoms with van der Waals surface area (Å²) in [7, 11) is 2.13. The molecule has 4 heteroatoms. The van der Waals surface area contributed by atoms with Crippen LogP contribution in [0.2, 0.25) is 0 Å². The van der Waals surface area contributed by atoms with Gasteiger partial charge < -0.3 is 10.0 Å². The molecule has 1 aliphatic heterocycles. The van der Waals surface area contributed by atoms with E-state index in [1.54, 1.807) is 17.4 Å². The maximum absolute atomic E-state index is 14.7. The first-order chi connectivity index (χ1) is 11.8. The van der Waals surface area contributed by atoms with Gasteiger partial charge in [-0.25, -0.2) is 4.39 Å².